The van der Waals surface area contributed by atoms with Crippen LogP contribution in [0.4, 0.5) is 0 Å². The molecule has 1 N–H and O–H groups in total. The predicted octanol–water partition coefficient (Wildman–Crippen LogP) is 2.26. The molecule has 0 aromatic rings. The molecule has 1 aliphatic carbocycles. The van der Waals surface area contributed by atoms with Crippen LogP contribution in [0.5, 0.6) is 0 Å². The van der Waals surface area contributed by atoms with E-state index in [0.717, 1.165) is 25.5 Å². The van der Waals surface area contributed by atoms with Gasteiger partial charge in [-0.05, 0) is 36.5 Å². The number of carbonyl (C=O) groups is 1. The second kappa shape index (κ2) is 4.43. The Balaban J connectivity index is 2.62. The van der Waals surface area contributed by atoms with Gasteiger partial charge in [0.05, 0.1) is 0 Å². The maximum absolute atomic E-state index is 10.9. The second-order valence-corrected chi connectivity index (χ2v) is 5.43. The second-order valence-electron chi connectivity index (χ2n) is 5.43. The van der Waals surface area contributed by atoms with Gasteiger partial charge in [-0.2, -0.15) is 0 Å². The summed E-state index contributed by atoms with van der Waals surface area (Å²) in [6.07, 6.45) is 4.33. The first kappa shape index (κ1) is 11.7. The number of aldehydes is 1. The number of hydrogen-bond donors (Lipinski definition) is 1. The lowest BCUT2D eigenvalue weighted by Crippen LogP contribution is -2.35. The van der Waals surface area contributed by atoms with Crippen LogP contribution < -0.4 is 0 Å². The third-order valence-corrected chi connectivity index (χ3v) is 3.95. The lowest BCUT2D eigenvalue weighted by atomic mass is 9.66. The summed E-state index contributed by atoms with van der Waals surface area (Å²) in [5, 5.41) is 9.28. The third-order valence-electron chi connectivity index (χ3n) is 3.95. The van der Waals surface area contributed by atoms with Crippen molar-refractivity contribution in [1.82, 2.24) is 0 Å². The molecule has 0 amide bonds. The highest BCUT2D eigenvalue weighted by molar-refractivity contribution is 5.54. The fourth-order valence-corrected chi connectivity index (χ4v) is 2.39. The summed E-state index contributed by atoms with van der Waals surface area (Å²) in [5.41, 5.74) is -0.0264. The molecule has 0 heterocycles. The summed E-state index contributed by atoms with van der Waals surface area (Å²) in [6, 6.07) is 0. The molecule has 1 aliphatic rings. The lowest BCUT2D eigenvalue weighted by Gasteiger charge is -2.40. The molecule has 82 valence electrons. The maximum Gasteiger partial charge on any atom is 0.123 e. The van der Waals surface area contributed by atoms with Crippen molar-refractivity contribution in [3.63, 3.8) is 0 Å². The smallest absolute Gasteiger partial charge is 0.123 e. The number of aliphatic hydroxyl groups excluding tert-OH is 1. The first-order valence-corrected chi connectivity index (χ1v) is 5.57. The van der Waals surface area contributed by atoms with Gasteiger partial charge in [0.15, 0.2) is 0 Å². The Morgan fingerprint density at radius 2 is 2.07 bits per heavy atom. The van der Waals surface area contributed by atoms with Gasteiger partial charge in [-0.15, -0.1) is 0 Å². The molecular formula is C12H22O2. The molecular weight excluding hydrogens is 176 g/mol. The summed E-state index contributed by atoms with van der Waals surface area (Å²) in [6.45, 7) is 6.56. The highest BCUT2D eigenvalue weighted by Crippen LogP contribution is 2.41. The molecule has 0 bridgehead atoms. The van der Waals surface area contributed by atoms with E-state index < -0.39 is 0 Å². The fourth-order valence-electron chi connectivity index (χ4n) is 2.39. The number of rotatable bonds is 3. The van der Waals surface area contributed by atoms with Gasteiger partial charge in [0.2, 0.25) is 0 Å². The first-order valence-electron chi connectivity index (χ1n) is 5.57. The summed E-state index contributed by atoms with van der Waals surface area (Å²) >= 11 is 0. The number of hydrogen-bond acceptors (Lipinski definition) is 2. The normalized spacial score (nSPS) is 34.1. The third kappa shape index (κ3) is 2.35. The van der Waals surface area contributed by atoms with Crippen LogP contribution in [-0.2, 0) is 4.79 Å². The van der Waals surface area contributed by atoms with Crippen LogP contribution in [0.1, 0.15) is 40.0 Å². The van der Waals surface area contributed by atoms with Crippen molar-refractivity contribution >= 4 is 6.29 Å². The van der Waals surface area contributed by atoms with Crippen LogP contribution in [0.3, 0.4) is 0 Å². The molecule has 0 aromatic heterocycles. The molecule has 3 unspecified atom stereocenters. The van der Waals surface area contributed by atoms with Gasteiger partial charge in [-0.25, -0.2) is 0 Å². The Morgan fingerprint density at radius 1 is 1.43 bits per heavy atom. The molecule has 0 saturated heterocycles. The van der Waals surface area contributed by atoms with E-state index in [2.05, 4.69) is 20.8 Å². The van der Waals surface area contributed by atoms with Crippen molar-refractivity contribution in [3.05, 3.63) is 0 Å². The lowest BCUT2D eigenvalue weighted by molar-refractivity contribution is -0.114. The molecule has 2 nitrogen and oxygen atoms in total. The molecule has 2 heteroatoms. The van der Waals surface area contributed by atoms with Gasteiger partial charge < -0.3 is 9.90 Å². The first-order chi connectivity index (χ1) is 6.51. The van der Waals surface area contributed by atoms with E-state index in [1.165, 1.54) is 0 Å². The van der Waals surface area contributed by atoms with E-state index >= 15 is 0 Å². The van der Waals surface area contributed by atoms with Gasteiger partial charge >= 0.3 is 0 Å². The van der Waals surface area contributed by atoms with E-state index in [1.807, 2.05) is 0 Å². The van der Waals surface area contributed by atoms with Crippen molar-refractivity contribution in [3.8, 4) is 0 Å². The highest BCUT2D eigenvalue weighted by atomic mass is 16.3. The summed E-state index contributed by atoms with van der Waals surface area (Å²) in [7, 11) is 0. The van der Waals surface area contributed by atoms with E-state index in [4.69, 9.17) is 0 Å². The van der Waals surface area contributed by atoms with Crippen molar-refractivity contribution in [2.24, 2.45) is 23.2 Å². The minimum atomic E-state index is -0.0264. The Kier molecular flexibility index (Phi) is 3.71. The van der Waals surface area contributed by atoms with Gasteiger partial charge in [-0.1, -0.05) is 20.8 Å². The van der Waals surface area contributed by atoms with E-state index in [9.17, 15) is 9.90 Å². The standard InChI is InChI=1S/C12H22O2/c1-9-4-5-11(6-10(9)7-13)12(2,3)8-14/h7,9-11,14H,4-6,8H2,1-3H3. The van der Waals surface area contributed by atoms with E-state index in [0.29, 0.717) is 11.8 Å². The summed E-state index contributed by atoms with van der Waals surface area (Å²) in [4.78, 5) is 10.9. The predicted molar refractivity (Wildman–Crippen MR) is 56.9 cm³/mol. The van der Waals surface area contributed by atoms with Crippen molar-refractivity contribution in [2.75, 3.05) is 6.61 Å². The summed E-state index contributed by atoms with van der Waals surface area (Å²) < 4.78 is 0. The van der Waals surface area contributed by atoms with E-state index in [-0.39, 0.29) is 17.9 Å². The Bertz CT molecular complexity index is 198. The molecule has 0 aromatic carbocycles. The topological polar surface area (TPSA) is 37.3 Å². The molecule has 1 fully saturated rings. The van der Waals surface area contributed by atoms with Gasteiger partial charge in [0, 0.05) is 12.5 Å². The Labute approximate surface area is 86.7 Å². The summed E-state index contributed by atoms with van der Waals surface area (Å²) in [5.74, 6) is 1.23. The Hall–Kier alpha value is -0.370. The van der Waals surface area contributed by atoms with Crippen LogP contribution in [0.2, 0.25) is 0 Å². The molecule has 3 atom stereocenters. The number of aliphatic hydroxyl groups is 1. The zero-order valence-corrected chi connectivity index (χ0v) is 9.49. The van der Waals surface area contributed by atoms with Crippen LogP contribution in [-0.4, -0.2) is 18.0 Å². The Morgan fingerprint density at radius 3 is 2.57 bits per heavy atom. The van der Waals surface area contributed by atoms with Crippen LogP contribution in [0.15, 0.2) is 0 Å². The van der Waals surface area contributed by atoms with Crippen LogP contribution >= 0.6 is 0 Å². The van der Waals surface area contributed by atoms with Crippen LogP contribution in [0.25, 0.3) is 0 Å². The largest absolute Gasteiger partial charge is 0.396 e. The van der Waals surface area contributed by atoms with Crippen LogP contribution in [0, 0.1) is 23.2 Å². The monoisotopic (exact) mass is 198 g/mol. The SMILES string of the molecule is CC1CCC(C(C)(C)CO)CC1C=O. The fraction of sp³-hybridized carbons (Fsp3) is 0.917. The highest BCUT2D eigenvalue weighted by Gasteiger charge is 2.35. The minimum absolute atomic E-state index is 0.0264. The van der Waals surface area contributed by atoms with Gasteiger partial charge in [-0.3, -0.25) is 0 Å². The van der Waals surface area contributed by atoms with Gasteiger partial charge in [0.1, 0.15) is 6.29 Å². The molecule has 1 saturated carbocycles. The zero-order chi connectivity index (χ0) is 10.8. The molecule has 0 aliphatic heterocycles. The molecule has 1 rings (SSSR count). The average molecular weight is 198 g/mol. The van der Waals surface area contributed by atoms with Crippen molar-refractivity contribution < 1.29 is 9.90 Å². The molecule has 0 radical (unpaired) electrons. The maximum atomic E-state index is 10.9. The number of carbonyl (C=O) groups excluding carboxylic acids is 1. The average Bonchev–Trinajstić information content (AvgIpc) is 2.18. The molecule has 14 heavy (non-hydrogen) atoms. The van der Waals surface area contributed by atoms with Crippen molar-refractivity contribution in [2.45, 2.75) is 40.0 Å². The van der Waals surface area contributed by atoms with Crippen molar-refractivity contribution in [1.29, 1.82) is 0 Å². The van der Waals surface area contributed by atoms with E-state index in [1.54, 1.807) is 0 Å². The quantitative estimate of drug-likeness (QED) is 0.706. The van der Waals surface area contributed by atoms with Gasteiger partial charge in [0.25, 0.3) is 0 Å². The molecule has 0 spiro atoms. The minimum Gasteiger partial charge on any atom is -0.396 e. The zero-order valence-electron chi connectivity index (χ0n) is 9.49.